The summed E-state index contributed by atoms with van der Waals surface area (Å²) in [4.78, 5) is 0. The molecule has 3 aromatic carbocycles. The molecule has 1 heterocycles. The number of aliphatic hydroxyl groups is 1. The van der Waals surface area contributed by atoms with Crippen molar-refractivity contribution in [2.24, 2.45) is 5.92 Å². The highest BCUT2D eigenvalue weighted by atomic mass is 16.5. The highest BCUT2D eigenvalue weighted by Gasteiger charge is 2.71. The lowest BCUT2D eigenvalue weighted by Gasteiger charge is -2.40. The highest BCUT2D eigenvalue weighted by molar-refractivity contribution is 5.61. The van der Waals surface area contributed by atoms with Gasteiger partial charge in [-0.1, -0.05) is 49.4 Å². The molecular formula is C26H26O5. The van der Waals surface area contributed by atoms with Crippen LogP contribution in [0.3, 0.4) is 0 Å². The van der Waals surface area contributed by atoms with Gasteiger partial charge < -0.3 is 24.4 Å². The lowest BCUT2D eigenvalue weighted by Crippen LogP contribution is -2.48. The first-order chi connectivity index (χ1) is 14.9. The minimum Gasteiger partial charge on any atom is -0.508 e. The van der Waals surface area contributed by atoms with Crippen LogP contribution in [0, 0.1) is 5.92 Å². The molecule has 0 aromatic heterocycles. The predicted octanol–water partition coefficient (Wildman–Crippen LogP) is 4.71. The second kappa shape index (κ2) is 6.92. The maximum Gasteiger partial charge on any atom is 0.174 e. The molecule has 1 fully saturated rings. The third-order valence-electron chi connectivity index (χ3n) is 6.87. The lowest BCUT2D eigenvalue weighted by molar-refractivity contribution is -0.106. The lowest BCUT2D eigenvalue weighted by atomic mass is 9.71. The summed E-state index contributed by atoms with van der Waals surface area (Å²) < 4.78 is 17.7. The SMILES string of the molecule is COc1ccc([C@@]23Oc4cc(O)cc(OC)c4[C@]2(O)C[C@H](C)[C@H]3c2ccccc2)cc1. The molecule has 0 saturated heterocycles. The van der Waals surface area contributed by atoms with Crippen molar-refractivity contribution in [2.75, 3.05) is 14.2 Å². The number of aromatic hydroxyl groups is 1. The van der Waals surface area contributed by atoms with E-state index in [1.165, 1.54) is 6.07 Å². The van der Waals surface area contributed by atoms with Gasteiger partial charge in [-0.3, -0.25) is 0 Å². The molecule has 1 saturated carbocycles. The first-order valence-electron chi connectivity index (χ1n) is 10.5. The summed E-state index contributed by atoms with van der Waals surface area (Å²) in [5.41, 5.74) is 0.123. The number of hydrogen-bond acceptors (Lipinski definition) is 5. The summed E-state index contributed by atoms with van der Waals surface area (Å²) in [5, 5.41) is 22.7. The Hall–Kier alpha value is -3.18. The van der Waals surface area contributed by atoms with Crippen molar-refractivity contribution in [3.63, 3.8) is 0 Å². The monoisotopic (exact) mass is 418 g/mol. The number of rotatable bonds is 4. The average Bonchev–Trinajstić information content (AvgIpc) is 3.15. The Labute approximate surface area is 181 Å². The predicted molar refractivity (Wildman–Crippen MR) is 117 cm³/mol. The number of hydrogen-bond donors (Lipinski definition) is 2. The van der Waals surface area contributed by atoms with Gasteiger partial charge in [-0.05, 0) is 35.6 Å². The van der Waals surface area contributed by atoms with Crippen LogP contribution in [0.2, 0.25) is 0 Å². The molecule has 5 heteroatoms. The minimum absolute atomic E-state index is 0.0355. The van der Waals surface area contributed by atoms with Crippen molar-refractivity contribution in [3.05, 3.63) is 83.4 Å². The minimum atomic E-state index is -1.34. The Morgan fingerprint density at radius 3 is 2.32 bits per heavy atom. The Morgan fingerprint density at radius 1 is 0.968 bits per heavy atom. The van der Waals surface area contributed by atoms with Crippen LogP contribution >= 0.6 is 0 Å². The van der Waals surface area contributed by atoms with E-state index in [0.29, 0.717) is 23.5 Å². The summed E-state index contributed by atoms with van der Waals surface area (Å²) in [6, 6.07) is 20.9. The van der Waals surface area contributed by atoms with Crippen LogP contribution in [0.4, 0.5) is 0 Å². The van der Waals surface area contributed by atoms with Crippen molar-refractivity contribution in [1.29, 1.82) is 0 Å². The first-order valence-corrected chi connectivity index (χ1v) is 10.5. The number of ether oxygens (including phenoxy) is 3. The fourth-order valence-electron chi connectivity index (χ4n) is 5.77. The van der Waals surface area contributed by atoms with E-state index in [4.69, 9.17) is 14.2 Å². The molecule has 0 amide bonds. The van der Waals surface area contributed by atoms with Gasteiger partial charge in [0, 0.05) is 18.1 Å². The maximum absolute atomic E-state index is 12.4. The number of benzene rings is 3. The molecule has 0 radical (unpaired) electrons. The van der Waals surface area contributed by atoms with Gasteiger partial charge in [0.1, 0.15) is 28.6 Å². The van der Waals surface area contributed by atoms with Gasteiger partial charge >= 0.3 is 0 Å². The molecule has 5 rings (SSSR count). The number of methoxy groups -OCH3 is 2. The first kappa shape index (κ1) is 19.8. The molecule has 1 aliphatic carbocycles. The van der Waals surface area contributed by atoms with E-state index in [2.05, 4.69) is 19.1 Å². The van der Waals surface area contributed by atoms with Crippen LogP contribution in [-0.2, 0) is 11.2 Å². The fourth-order valence-corrected chi connectivity index (χ4v) is 5.77. The maximum atomic E-state index is 12.4. The van der Waals surface area contributed by atoms with Crippen molar-refractivity contribution in [1.82, 2.24) is 0 Å². The Balaban J connectivity index is 1.81. The molecular weight excluding hydrogens is 392 g/mol. The molecule has 3 aromatic rings. The average molecular weight is 418 g/mol. The Kier molecular flexibility index (Phi) is 4.41. The van der Waals surface area contributed by atoms with Crippen LogP contribution in [-0.4, -0.2) is 24.4 Å². The van der Waals surface area contributed by atoms with Gasteiger partial charge in [0.25, 0.3) is 0 Å². The highest BCUT2D eigenvalue weighted by Crippen LogP contribution is 2.70. The summed E-state index contributed by atoms with van der Waals surface area (Å²) in [5.74, 6) is 1.65. The smallest absolute Gasteiger partial charge is 0.174 e. The molecule has 4 atom stereocenters. The molecule has 0 unspecified atom stereocenters. The van der Waals surface area contributed by atoms with Gasteiger partial charge in [-0.15, -0.1) is 0 Å². The van der Waals surface area contributed by atoms with E-state index in [1.54, 1.807) is 20.3 Å². The quantitative estimate of drug-likeness (QED) is 0.642. The summed E-state index contributed by atoms with van der Waals surface area (Å²) in [6.45, 7) is 2.15. The number of fused-ring (bicyclic) bond motifs is 3. The summed E-state index contributed by atoms with van der Waals surface area (Å²) >= 11 is 0. The molecule has 31 heavy (non-hydrogen) atoms. The Morgan fingerprint density at radius 2 is 1.68 bits per heavy atom. The van der Waals surface area contributed by atoms with Crippen molar-refractivity contribution >= 4 is 0 Å². The standard InChI is InChI=1S/C26H26O5/c1-16-15-25(28)24-21(30-3)13-19(27)14-22(24)31-26(25,18-9-11-20(29-2)12-10-18)23(16)17-7-5-4-6-8-17/h4-14,16,23,27-28H,15H2,1-3H3/t16-,23-,25+,26-/m0/s1. The molecule has 1 aliphatic heterocycles. The van der Waals surface area contributed by atoms with E-state index in [9.17, 15) is 10.2 Å². The van der Waals surface area contributed by atoms with Gasteiger partial charge in [0.05, 0.1) is 19.8 Å². The molecule has 0 spiro atoms. The number of phenols is 1. The van der Waals surface area contributed by atoms with Crippen LogP contribution in [0.25, 0.3) is 0 Å². The van der Waals surface area contributed by atoms with Crippen molar-refractivity contribution < 1.29 is 24.4 Å². The van der Waals surface area contributed by atoms with Crippen LogP contribution in [0.5, 0.6) is 23.0 Å². The van der Waals surface area contributed by atoms with E-state index >= 15 is 0 Å². The van der Waals surface area contributed by atoms with E-state index in [0.717, 1.165) is 16.9 Å². The van der Waals surface area contributed by atoms with Gasteiger partial charge in [-0.2, -0.15) is 0 Å². The van der Waals surface area contributed by atoms with Crippen LogP contribution in [0.1, 0.15) is 36.0 Å². The molecule has 5 nitrogen and oxygen atoms in total. The third kappa shape index (κ3) is 2.59. The van der Waals surface area contributed by atoms with Crippen molar-refractivity contribution in [3.8, 4) is 23.0 Å². The van der Waals surface area contributed by atoms with Gasteiger partial charge in [-0.25, -0.2) is 0 Å². The summed E-state index contributed by atoms with van der Waals surface area (Å²) in [6.07, 6.45) is 0.493. The van der Waals surface area contributed by atoms with Crippen LogP contribution in [0.15, 0.2) is 66.7 Å². The largest absolute Gasteiger partial charge is 0.508 e. The molecule has 2 aliphatic rings. The van der Waals surface area contributed by atoms with Gasteiger partial charge in [0.15, 0.2) is 5.60 Å². The van der Waals surface area contributed by atoms with E-state index in [-0.39, 0.29) is 17.6 Å². The van der Waals surface area contributed by atoms with Gasteiger partial charge in [0.2, 0.25) is 0 Å². The van der Waals surface area contributed by atoms with Crippen LogP contribution < -0.4 is 14.2 Å². The van der Waals surface area contributed by atoms with Crippen molar-refractivity contribution in [2.45, 2.75) is 30.5 Å². The summed E-state index contributed by atoms with van der Waals surface area (Å²) in [7, 11) is 3.17. The Bertz CT molecular complexity index is 1110. The second-order valence-corrected chi connectivity index (χ2v) is 8.52. The van der Waals surface area contributed by atoms with E-state index in [1.807, 2.05) is 42.5 Å². The normalized spacial score (nSPS) is 28.5. The third-order valence-corrected chi connectivity index (χ3v) is 6.87. The topological polar surface area (TPSA) is 68.2 Å². The zero-order chi connectivity index (χ0) is 21.8. The fraction of sp³-hybridized carbons (Fsp3) is 0.308. The number of phenolic OH excluding ortho intramolecular Hbond substituents is 1. The zero-order valence-electron chi connectivity index (χ0n) is 17.8. The van der Waals surface area contributed by atoms with E-state index < -0.39 is 11.2 Å². The second-order valence-electron chi connectivity index (χ2n) is 8.52. The molecule has 2 N–H and O–H groups in total. The molecule has 0 bridgehead atoms. The molecule has 160 valence electrons. The zero-order valence-corrected chi connectivity index (χ0v) is 17.8.